The smallest absolute Gasteiger partial charge is 0.289 e. The molecule has 10 heteroatoms. The second-order valence-corrected chi connectivity index (χ2v) is 8.89. The Bertz CT molecular complexity index is 1230. The number of hydrazine groups is 1. The maximum absolute atomic E-state index is 6.24. The Hall–Kier alpha value is -3.01. The third-order valence-electron chi connectivity index (χ3n) is 5.68. The van der Waals surface area contributed by atoms with Crippen molar-refractivity contribution in [3.05, 3.63) is 93.4 Å². The molecule has 0 radical (unpaired) electrons. The lowest BCUT2D eigenvalue weighted by molar-refractivity contribution is -0.601. The number of halogens is 2. The number of nitrogens with two attached hydrogens (primary N) is 1. The summed E-state index contributed by atoms with van der Waals surface area (Å²) in [6.45, 7) is 3.00. The molecule has 0 bridgehead atoms. The number of benzene rings is 1. The van der Waals surface area contributed by atoms with Crippen LogP contribution in [0.2, 0.25) is 10.0 Å². The number of pyridine rings is 2. The molecule has 0 atom stereocenters. The minimum atomic E-state index is 0.338. The third kappa shape index (κ3) is 5.55. The Labute approximate surface area is 207 Å². The molecule has 0 fully saturated rings. The second kappa shape index (κ2) is 10.5. The largest absolute Gasteiger partial charge is 0.473 e. The number of hydrazone groups is 1. The predicted molar refractivity (Wildman–Crippen MR) is 132 cm³/mol. The van der Waals surface area contributed by atoms with Crippen LogP contribution in [0, 0.1) is 0 Å². The first-order chi connectivity index (χ1) is 16.6. The van der Waals surface area contributed by atoms with Crippen LogP contribution in [0.25, 0.3) is 5.57 Å². The zero-order valence-corrected chi connectivity index (χ0v) is 19.9. The van der Waals surface area contributed by atoms with E-state index in [1.165, 1.54) is 11.1 Å². The van der Waals surface area contributed by atoms with Crippen molar-refractivity contribution >= 4 is 34.6 Å². The molecule has 4 heterocycles. The van der Waals surface area contributed by atoms with Gasteiger partial charge in [-0.2, -0.15) is 11.0 Å². The SMILES string of the molecule is Clc1ccc(COc2cccc(C3=CCN(Cc4ccc(C5=NNN[NH2+]5)nc4)CC3)n2)c(Cl)c1. The fraction of sp³-hybridized carbons (Fsp3) is 0.208. The summed E-state index contributed by atoms with van der Waals surface area (Å²) in [6.07, 6.45) is 5.08. The normalized spacial score (nSPS) is 16.1. The van der Waals surface area contributed by atoms with Crippen LogP contribution in [0.4, 0.5) is 0 Å². The molecule has 2 aliphatic heterocycles. The number of hydrogen-bond acceptors (Lipinski definition) is 7. The van der Waals surface area contributed by atoms with Gasteiger partial charge < -0.3 is 4.74 Å². The molecule has 174 valence electrons. The molecule has 2 aromatic heterocycles. The molecule has 0 amide bonds. The van der Waals surface area contributed by atoms with Crippen molar-refractivity contribution in [1.29, 1.82) is 0 Å². The number of amidine groups is 1. The number of nitrogens with zero attached hydrogens (tertiary/aromatic N) is 4. The summed E-state index contributed by atoms with van der Waals surface area (Å²) in [4.78, 5) is 11.6. The van der Waals surface area contributed by atoms with Gasteiger partial charge in [-0.15, -0.1) is 0 Å². The Kier molecular flexibility index (Phi) is 7.03. The minimum Gasteiger partial charge on any atom is -0.473 e. The number of rotatable bonds is 7. The number of hydrogen-bond donors (Lipinski definition) is 3. The molecule has 3 aromatic rings. The highest BCUT2D eigenvalue weighted by molar-refractivity contribution is 6.35. The van der Waals surface area contributed by atoms with E-state index in [9.17, 15) is 0 Å². The molecule has 0 unspecified atom stereocenters. The van der Waals surface area contributed by atoms with E-state index in [2.05, 4.69) is 38.2 Å². The molecule has 1 aromatic carbocycles. The zero-order valence-electron chi connectivity index (χ0n) is 18.3. The number of ether oxygens (including phenoxy) is 1. The Morgan fingerprint density at radius 3 is 2.76 bits per heavy atom. The van der Waals surface area contributed by atoms with Crippen LogP contribution < -0.4 is 21.2 Å². The highest BCUT2D eigenvalue weighted by atomic mass is 35.5. The van der Waals surface area contributed by atoms with Crippen molar-refractivity contribution in [3.63, 3.8) is 0 Å². The van der Waals surface area contributed by atoms with Crippen molar-refractivity contribution in [3.8, 4) is 5.88 Å². The number of quaternary nitrogens is 1. The van der Waals surface area contributed by atoms with Crippen molar-refractivity contribution in [2.45, 2.75) is 19.6 Å². The lowest BCUT2D eigenvalue weighted by Gasteiger charge is -2.26. The topological polar surface area (TPSA) is 91.3 Å². The maximum Gasteiger partial charge on any atom is 0.289 e. The summed E-state index contributed by atoms with van der Waals surface area (Å²) in [6, 6.07) is 15.3. The highest BCUT2D eigenvalue weighted by Gasteiger charge is 2.17. The van der Waals surface area contributed by atoms with Crippen molar-refractivity contribution in [2.75, 3.05) is 13.1 Å². The van der Waals surface area contributed by atoms with Crippen molar-refractivity contribution in [1.82, 2.24) is 25.9 Å². The van der Waals surface area contributed by atoms with Crippen LogP contribution in [-0.2, 0) is 13.2 Å². The van der Waals surface area contributed by atoms with Crippen molar-refractivity contribution < 1.29 is 10.2 Å². The van der Waals surface area contributed by atoms with E-state index in [1.807, 2.05) is 36.5 Å². The molecule has 8 nitrogen and oxygen atoms in total. The molecule has 4 N–H and O–H groups in total. The third-order valence-corrected chi connectivity index (χ3v) is 6.27. The number of aromatic nitrogens is 2. The van der Waals surface area contributed by atoms with Gasteiger partial charge in [0.05, 0.1) is 5.69 Å². The fourth-order valence-electron chi connectivity index (χ4n) is 3.84. The lowest BCUT2D eigenvalue weighted by atomic mass is 10.0. The van der Waals surface area contributed by atoms with Gasteiger partial charge in [0.1, 0.15) is 12.3 Å². The van der Waals surface area contributed by atoms with Gasteiger partial charge in [0, 0.05) is 47.5 Å². The van der Waals surface area contributed by atoms with Crippen LogP contribution in [0.3, 0.4) is 0 Å². The molecule has 2 aliphatic rings. The van der Waals surface area contributed by atoms with Crippen LogP contribution in [0.1, 0.15) is 28.9 Å². The predicted octanol–water partition coefficient (Wildman–Crippen LogP) is 2.90. The van der Waals surface area contributed by atoms with Gasteiger partial charge >= 0.3 is 0 Å². The first kappa shape index (κ1) is 22.8. The standard InChI is InChI=1S/C24H23Cl2N7O/c25-19-6-5-18(20(26)12-19)15-34-23-3-1-2-21(28-23)17-8-10-33(11-9-17)14-16-4-7-22(27-13-16)24-29-31-32-30-24/h1-8,12-13,31-32H,9-11,14-15H2,(H,29,30)/p+1. The summed E-state index contributed by atoms with van der Waals surface area (Å²) in [5.41, 5.74) is 12.4. The fourth-order valence-corrected chi connectivity index (χ4v) is 4.30. The minimum absolute atomic E-state index is 0.338. The Balaban J connectivity index is 1.17. The molecule has 5 rings (SSSR count). The van der Waals surface area contributed by atoms with E-state index < -0.39 is 0 Å². The first-order valence-corrected chi connectivity index (χ1v) is 11.7. The van der Waals surface area contributed by atoms with E-state index in [0.29, 0.717) is 22.5 Å². The lowest BCUT2D eigenvalue weighted by Crippen LogP contribution is -2.95. The van der Waals surface area contributed by atoms with Gasteiger partial charge in [-0.05, 0) is 41.8 Å². The molecule has 0 aliphatic carbocycles. The van der Waals surface area contributed by atoms with E-state index in [4.69, 9.17) is 32.9 Å². The van der Waals surface area contributed by atoms with E-state index in [-0.39, 0.29) is 0 Å². The molecule has 0 spiro atoms. The van der Waals surface area contributed by atoms with Gasteiger partial charge in [-0.1, -0.05) is 58.1 Å². The Morgan fingerprint density at radius 2 is 2.03 bits per heavy atom. The molecule has 0 saturated carbocycles. The average Bonchev–Trinajstić information content (AvgIpc) is 3.40. The molecule has 0 saturated heterocycles. The first-order valence-electron chi connectivity index (χ1n) is 11.0. The average molecular weight is 497 g/mol. The summed E-state index contributed by atoms with van der Waals surface area (Å²) in [5, 5.41) is 5.31. The van der Waals surface area contributed by atoms with Gasteiger partial charge in [0.25, 0.3) is 5.84 Å². The monoisotopic (exact) mass is 496 g/mol. The summed E-state index contributed by atoms with van der Waals surface area (Å²) in [7, 11) is 0. The van der Waals surface area contributed by atoms with Gasteiger partial charge in [0.2, 0.25) is 5.88 Å². The van der Waals surface area contributed by atoms with Gasteiger partial charge in [-0.25, -0.2) is 9.97 Å². The van der Waals surface area contributed by atoms with Crippen LogP contribution >= 0.6 is 23.2 Å². The zero-order chi connectivity index (χ0) is 23.3. The molecular formula is C24H24Cl2N7O+. The van der Waals surface area contributed by atoms with E-state index in [1.54, 1.807) is 17.6 Å². The summed E-state index contributed by atoms with van der Waals surface area (Å²) < 4.78 is 5.89. The summed E-state index contributed by atoms with van der Waals surface area (Å²) >= 11 is 12.2. The Morgan fingerprint density at radius 1 is 1.09 bits per heavy atom. The van der Waals surface area contributed by atoms with Crippen molar-refractivity contribution in [2.24, 2.45) is 5.10 Å². The molecular weight excluding hydrogens is 473 g/mol. The second-order valence-electron chi connectivity index (χ2n) is 8.05. The quantitative estimate of drug-likeness (QED) is 0.435. The van der Waals surface area contributed by atoms with Gasteiger partial charge in [0.15, 0.2) is 0 Å². The summed E-state index contributed by atoms with van der Waals surface area (Å²) in [5.74, 6) is 1.37. The van der Waals surface area contributed by atoms with E-state index in [0.717, 1.165) is 48.8 Å². The molecule has 34 heavy (non-hydrogen) atoms. The van der Waals surface area contributed by atoms with Crippen LogP contribution in [0.15, 0.2) is 65.9 Å². The van der Waals surface area contributed by atoms with Gasteiger partial charge in [-0.3, -0.25) is 4.90 Å². The number of nitrogens with one attached hydrogen (secondary N) is 2. The highest BCUT2D eigenvalue weighted by Crippen LogP contribution is 2.25. The van der Waals surface area contributed by atoms with Crippen LogP contribution in [0.5, 0.6) is 5.88 Å². The van der Waals surface area contributed by atoms with E-state index >= 15 is 0 Å². The maximum atomic E-state index is 6.24. The van der Waals surface area contributed by atoms with Crippen LogP contribution in [-0.4, -0.2) is 33.8 Å².